The van der Waals surface area contributed by atoms with Gasteiger partial charge in [-0.25, -0.2) is 4.98 Å². The van der Waals surface area contributed by atoms with E-state index in [2.05, 4.69) is 41.5 Å². The number of benzene rings is 2. The molecule has 3 aromatic rings. The fourth-order valence-electron chi connectivity index (χ4n) is 2.03. The van der Waals surface area contributed by atoms with E-state index >= 15 is 0 Å². The maximum atomic E-state index is 6.20. The van der Waals surface area contributed by atoms with Crippen LogP contribution < -0.4 is 5.32 Å². The molecule has 0 saturated carbocycles. The second kappa shape index (κ2) is 6.29. The summed E-state index contributed by atoms with van der Waals surface area (Å²) in [5.41, 5.74) is 4.29. The SMILES string of the molecule is Cc1ccc(NCc2nc(-c3ccccc3Cl)cs2)cc1. The number of hydrogen-bond acceptors (Lipinski definition) is 3. The third-order valence-corrected chi connectivity index (χ3v) is 4.38. The minimum Gasteiger partial charge on any atom is -0.379 e. The molecule has 0 radical (unpaired) electrons. The number of halogens is 1. The molecule has 1 aromatic heterocycles. The fourth-order valence-corrected chi connectivity index (χ4v) is 3.00. The summed E-state index contributed by atoms with van der Waals surface area (Å²) in [6.45, 7) is 2.80. The predicted octanol–water partition coefficient (Wildman–Crippen LogP) is 5.38. The lowest BCUT2D eigenvalue weighted by molar-refractivity contribution is 1.11. The zero-order valence-corrected chi connectivity index (χ0v) is 13.2. The minimum absolute atomic E-state index is 0.720. The molecule has 0 aliphatic heterocycles. The number of nitrogens with zero attached hydrogens (tertiary/aromatic N) is 1. The summed E-state index contributed by atoms with van der Waals surface area (Å²) in [5.74, 6) is 0. The van der Waals surface area contributed by atoms with Crippen LogP contribution in [0.3, 0.4) is 0 Å². The van der Waals surface area contributed by atoms with E-state index in [1.807, 2.05) is 29.6 Å². The standard InChI is InChI=1S/C17H15ClN2S/c1-12-6-8-13(9-7-12)19-10-17-20-16(11-21-17)14-4-2-3-5-15(14)18/h2-9,11,19H,10H2,1H3. The van der Waals surface area contributed by atoms with Crippen molar-refractivity contribution in [3.05, 3.63) is 69.5 Å². The largest absolute Gasteiger partial charge is 0.379 e. The molecule has 0 fully saturated rings. The van der Waals surface area contributed by atoms with Crippen LogP contribution in [0.25, 0.3) is 11.3 Å². The molecule has 0 amide bonds. The van der Waals surface area contributed by atoms with Gasteiger partial charge in [0.2, 0.25) is 0 Å². The fraction of sp³-hybridized carbons (Fsp3) is 0.118. The lowest BCUT2D eigenvalue weighted by Gasteiger charge is -2.04. The molecule has 0 aliphatic rings. The van der Waals surface area contributed by atoms with E-state index in [0.717, 1.165) is 33.5 Å². The Morgan fingerprint density at radius 1 is 1.10 bits per heavy atom. The van der Waals surface area contributed by atoms with Crippen molar-refractivity contribution in [2.24, 2.45) is 0 Å². The molecule has 1 heterocycles. The third kappa shape index (κ3) is 3.43. The average Bonchev–Trinajstić information content (AvgIpc) is 2.96. The first-order valence-corrected chi connectivity index (χ1v) is 7.98. The van der Waals surface area contributed by atoms with Gasteiger partial charge < -0.3 is 5.32 Å². The number of rotatable bonds is 4. The van der Waals surface area contributed by atoms with Crippen molar-refractivity contribution in [3.63, 3.8) is 0 Å². The molecule has 2 aromatic carbocycles. The zero-order chi connectivity index (χ0) is 14.7. The summed E-state index contributed by atoms with van der Waals surface area (Å²) >= 11 is 7.85. The maximum absolute atomic E-state index is 6.20. The van der Waals surface area contributed by atoms with Gasteiger partial charge in [-0.3, -0.25) is 0 Å². The number of nitrogens with one attached hydrogen (secondary N) is 1. The first-order valence-electron chi connectivity index (χ1n) is 6.72. The van der Waals surface area contributed by atoms with Crippen LogP contribution in [0.5, 0.6) is 0 Å². The maximum Gasteiger partial charge on any atom is 0.112 e. The molecule has 2 nitrogen and oxygen atoms in total. The van der Waals surface area contributed by atoms with Crippen LogP contribution in [-0.2, 0) is 6.54 Å². The molecule has 0 saturated heterocycles. The average molecular weight is 315 g/mol. The highest BCUT2D eigenvalue weighted by atomic mass is 35.5. The van der Waals surface area contributed by atoms with E-state index in [9.17, 15) is 0 Å². The Bertz CT molecular complexity index is 735. The van der Waals surface area contributed by atoms with Crippen LogP contribution in [0, 0.1) is 6.92 Å². The molecule has 21 heavy (non-hydrogen) atoms. The van der Waals surface area contributed by atoms with E-state index in [0.29, 0.717) is 0 Å². The Morgan fingerprint density at radius 2 is 1.86 bits per heavy atom. The van der Waals surface area contributed by atoms with Crippen LogP contribution >= 0.6 is 22.9 Å². The van der Waals surface area contributed by atoms with Crippen LogP contribution in [0.2, 0.25) is 5.02 Å². The number of hydrogen-bond donors (Lipinski definition) is 1. The van der Waals surface area contributed by atoms with Crippen molar-refractivity contribution in [2.45, 2.75) is 13.5 Å². The molecule has 0 bridgehead atoms. The molecule has 0 atom stereocenters. The smallest absolute Gasteiger partial charge is 0.112 e. The second-order valence-corrected chi connectivity index (χ2v) is 6.18. The number of anilines is 1. The van der Waals surface area contributed by atoms with Crippen molar-refractivity contribution < 1.29 is 0 Å². The van der Waals surface area contributed by atoms with E-state index in [-0.39, 0.29) is 0 Å². The monoisotopic (exact) mass is 314 g/mol. The summed E-state index contributed by atoms with van der Waals surface area (Å²) in [7, 11) is 0. The van der Waals surface area contributed by atoms with Crippen LogP contribution in [0.4, 0.5) is 5.69 Å². The van der Waals surface area contributed by atoms with Gasteiger partial charge in [0.05, 0.1) is 12.2 Å². The van der Waals surface area contributed by atoms with Crippen LogP contribution in [0.1, 0.15) is 10.6 Å². The number of aryl methyl sites for hydroxylation is 1. The number of thiazole rings is 1. The second-order valence-electron chi connectivity index (χ2n) is 4.83. The van der Waals surface area contributed by atoms with Gasteiger partial charge in [-0.05, 0) is 25.1 Å². The molecular weight excluding hydrogens is 300 g/mol. The van der Waals surface area contributed by atoms with E-state index in [1.54, 1.807) is 11.3 Å². The number of aromatic nitrogens is 1. The zero-order valence-electron chi connectivity index (χ0n) is 11.6. The lowest BCUT2D eigenvalue weighted by Crippen LogP contribution is -1.98. The van der Waals surface area contributed by atoms with Crippen molar-refractivity contribution in [1.82, 2.24) is 4.98 Å². The Hall–Kier alpha value is -1.84. The molecule has 106 valence electrons. The lowest BCUT2D eigenvalue weighted by atomic mass is 10.2. The summed E-state index contributed by atoms with van der Waals surface area (Å²) in [6, 6.07) is 16.1. The van der Waals surface area contributed by atoms with E-state index in [1.165, 1.54) is 5.56 Å². The summed E-state index contributed by atoms with van der Waals surface area (Å²) < 4.78 is 0. The molecular formula is C17H15ClN2S. The topological polar surface area (TPSA) is 24.9 Å². The summed E-state index contributed by atoms with van der Waals surface area (Å²) in [5, 5.41) is 7.22. The van der Waals surface area contributed by atoms with Gasteiger partial charge in [0, 0.05) is 21.7 Å². The highest BCUT2D eigenvalue weighted by molar-refractivity contribution is 7.10. The quantitative estimate of drug-likeness (QED) is 0.699. The van der Waals surface area contributed by atoms with Gasteiger partial charge in [0.15, 0.2) is 0 Å². The highest BCUT2D eigenvalue weighted by Gasteiger charge is 2.07. The first-order chi connectivity index (χ1) is 10.2. The third-order valence-electron chi connectivity index (χ3n) is 3.20. The van der Waals surface area contributed by atoms with Gasteiger partial charge in [0.25, 0.3) is 0 Å². The molecule has 0 spiro atoms. The van der Waals surface area contributed by atoms with Gasteiger partial charge in [-0.15, -0.1) is 11.3 Å². The molecule has 4 heteroatoms. The Balaban J connectivity index is 1.71. The Kier molecular flexibility index (Phi) is 4.23. The van der Waals surface area contributed by atoms with E-state index < -0.39 is 0 Å². The highest BCUT2D eigenvalue weighted by Crippen LogP contribution is 2.28. The van der Waals surface area contributed by atoms with Crippen molar-refractivity contribution >= 4 is 28.6 Å². The minimum atomic E-state index is 0.720. The van der Waals surface area contributed by atoms with E-state index in [4.69, 9.17) is 11.6 Å². The molecule has 0 aliphatic carbocycles. The van der Waals surface area contributed by atoms with Crippen LogP contribution in [-0.4, -0.2) is 4.98 Å². The summed E-state index contributed by atoms with van der Waals surface area (Å²) in [4.78, 5) is 4.65. The molecule has 0 unspecified atom stereocenters. The van der Waals surface area contributed by atoms with Gasteiger partial charge in [0.1, 0.15) is 5.01 Å². The predicted molar refractivity (Wildman–Crippen MR) is 91.1 cm³/mol. The summed E-state index contributed by atoms with van der Waals surface area (Å²) in [6.07, 6.45) is 0. The van der Waals surface area contributed by atoms with Crippen molar-refractivity contribution in [2.75, 3.05) is 5.32 Å². The normalized spacial score (nSPS) is 10.6. The molecule has 3 rings (SSSR count). The Morgan fingerprint density at radius 3 is 2.62 bits per heavy atom. The van der Waals surface area contributed by atoms with Crippen LogP contribution in [0.15, 0.2) is 53.9 Å². The van der Waals surface area contributed by atoms with Gasteiger partial charge in [-0.2, -0.15) is 0 Å². The van der Waals surface area contributed by atoms with Crippen molar-refractivity contribution in [3.8, 4) is 11.3 Å². The van der Waals surface area contributed by atoms with Gasteiger partial charge >= 0.3 is 0 Å². The Labute approximate surface area is 133 Å². The first kappa shape index (κ1) is 14.1. The molecule has 1 N–H and O–H groups in total. The van der Waals surface area contributed by atoms with Crippen molar-refractivity contribution in [1.29, 1.82) is 0 Å². The van der Waals surface area contributed by atoms with Gasteiger partial charge in [-0.1, -0.05) is 47.5 Å².